The maximum absolute atomic E-state index is 13.8. The summed E-state index contributed by atoms with van der Waals surface area (Å²) in [6.07, 6.45) is -11.8. The van der Waals surface area contributed by atoms with Crippen LogP contribution in [0.1, 0.15) is 52.1 Å². The first-order chi connectivity index (χ1) is 22.3. The molecule has 2 aliphatic heterocycles. The summed E-state index contributed by atoms with van der Waals surface area (Å²) in [4.78, 5) is 39.0. The third-order valence-corrected chi connectivity index (χ3v) is 8.59. The highest BCUT2D eigenvalue weighted by Gasteiger charge is 2.56. The van der Waals surface area contributed by atoms with E-state index in [1.54, 1.807) is 29.7 Å². The normalized spacial score (nSPS) is 25.0. The van der Waals surface area contributed by atoms with Gasteiger partial charge in [-0.25, -0.2) is 14.6 Å². The summed E-state index contributed by atoms with van der Waals surface area (Å²) in [5.74, 6) is -4.92. The van der Waals surface area contributed by atoms with Crippen LogP contribution in [0.15, 0.2) is 18.2 Å². The van der Waals surface area contributed by atoms with E-state index in [4.69, 9.17) is 24.5 Å². The van der Waals surface area contributed by atoms with Crippen molar-refractivity contribution >= 4 is 23.7 Å². The standard InChI is InChI=1S/C25H37F3N4O3.2C2HF3O2/c1-17-16-35-14-8-19(17)29-18-7-9-24(15-18,23(2,3)34)22(33)32-12-10-31(11-13-32)21-6-4-5-20(30-21)25(26,27)28;2*3-2(4,5)1(6)7/h4-6,17-19,29,34H,7-16H2,1-3H3;2*(H,6,7)/t17?,18-,19?,24+;;/m0../s1. The second-order valence-corrected chi connectivity index (χ2v) is 12.5. The van der Waals surface area contributed by atoms with Gasteiger partial charge in [0.15, 0.2) is 0 Å². The van der Waals surface area contributed by atoms with E-state index in [0.717, 1.165) is 32.1 Å². The van der Waals surface area contributed by atoms with E-state index in [2.05, 4.69) is 17.2 Å². The van der Waals surface area contributed by atoms with E-state index >= 15 is 0 Å². The average Bonchev–Trinajstić information content (AvgIpc) is 3.43. The molecule has 11 nitrogen and oxygen atoms in total. The molecule has 20 heteroatoms. The van der Waals surface area contributed by atoms with E-state index in [1.165, 1.54) is 6.07 Å². The number of aliphatic carboxylic acids is 2. The lowest BCUT2D eigenvalue weighted by molar-refractivity contribution is -0.193. The second kappa shape index (κ2) is 16.1. The summed E-state index contributed by atoms with van der Waals surface area (Å²) in [6, 6.07) is 4.37. The highest BCUT2D eigenvalue weighted by Crippen LogP contribution is 2.48. The van der Waals surface area contributed by atoms with Gasteiger partial charge in [-0.1, -0.05) is 13.0 Å². The van der Waals surface area contributed by atoms with Crippen molar-refractivity contribution in [3.8, 4) is 0 Å². The molecule has 4 N–H and O–H groups in total. The number of pyridine rings is 1. The molecule has 3 heterocycles. The molecule has 49 heavy (non-hydrogen) atoms. The number of aliphatic hydroxyl groups is 1. The Labute approximate surface area is 275 Å². The molecule has 2 unspecified atom stereocenters. The molecule has 4 atom stereocenters. The maximum Gasteiger partial charge on any atom is 0.490 e. The van der Waals surface area contributed by atoms with Gasteiger partial charge < -0.3 is 35.2 Å². The van der Waals surface area contributed by atoms with E-state index in [1.807, 2.05) is 0 Å². The number of carbonyl (C=O) groups is 3. The minimum Gasteiger partial charge on any atom is -0.475 e. The van der Waals surface area contributed by atoms with Gasteiger partial charge in [0.25, 0.3) is 0 Å². The molecule has 1 aromatic heterocycles. The van der Waals surface area contributed by atoms with Crippen LogP contribution in [0.4, 0.5) is 45.3 Å². The Morgan fingerprint density at radius 3 is 1.90 bits per heavy atom. The molecule has 0 bridgehead atoms. The predicted molar refractivity (Wildman–Crippen MR) is 153 cm³/mol. The zero-order valence-corrected chi connectivity index (χ0v) is 26.8. The number of ether oxygens (including phenoxy) is 1. The van der Waals surface area contributed by atoms with Gasteiger partial charge >= 0.3 is 30.5 Å². The highest BCUT2D eigenvalue weighted by atomic mass is 19.4. The molecule has 4 rings (SSSR count). The molecule has 3 aliphatic rings. The van der Waals surface area contributed by atoms with E-state index < -0.39 is 47.2 Å². The van der Waals surface area contributed by atoms with Crippen LogP contribution in [0, 0.1) is 11.3 Å². The van der Waals surface area contributed by atoms with Crippen molar-refractivity contribution in [1.29, 1.82) is 0 Å². The molecular weight excluding hydrogens is 687 g/mol. The lowest BCUT2D eigenvalue weighted by atomic mass is 9.70. The van der Waals surface area contributed by atoms with Gasteiger partial charge in [0.1, 0.15) is 11.5 Å². The van der Waals surface area contributed by atoms with Crippen molar-refractivity contribution in [2.45, 2.75) is 82.7 Å². The highest BCUT2D eigenvalue weighted by molar-refractivity contribution is 5.85. The van der Waals surface area contributed by atoms with Crippen LogP contribution in [0.2, 0.25) is 0 Å². The lowest BCUT2D eigenvalue weighted by Crippen LogP contribution is -2.59. The van der Waals surface area contributed by atoms with Gasteiger partial charge in [0, 0.05) is 44.9 Å². The molecule has 280 valence electrons. The van der Waals surface area contributed by atoms with Crippen molar-refractivity contribution in [2.24, 2.45) is 11.3 Å². The van der Waals surface area contributed by atoms with Gasteiger partial charge in [-0.2, -0.15) is 39.5 Å². The Morgan fingerprint density at radius 2 is 1.45 bits per heavy atom. The van der Waals surface area contributed by atoms with Crippen LogP contribution in [0.3, 0.4) is 0 Å². The summed E-state index contributed by atoms with van der Waals surface area (Å²) in [6.45, 7) is 8.60. The number of carboxylic acids is 2. The first-order valence-corrected chi connectivity index (χ1v) is 15.0. The summed E-state index contributed by atoms with van der Waals surface area (Å²) >= 11 is 0. The van der Waals surface area contributed by atoms with E-state index in [0.29, 0.717) is 51.0 Å². The summed E-state index contributed by atoms with van der Waals surface area (Å²) in [5, 5.41) is 29.1. The van der Waals surface area contributed by atoms with Gasteiger partial charge in [-0.05, 0) is 57.6 Å². The van der Waals surface area contributed by atoms with E-state index in [-0.39, 0.29) is 17.8 Å². The van der Waals surface area contributed by atoms with Crippen LogP contribution in [-0.2, 0) is 25.3 Å². The number of hydrogen-bond acceptors (Lipinski definition) is 8. The zero-order chi connectivity index (χ0) is 37.6. The zero-order valence-electron chi connectivity index (χ0n) is 26.8. The molecule has 0 spiro atoms. The van der Waals surface area contributed by atoms with E-state index in [9.17, 15) is 49.4 Å². The molecule has 1 amide bonds. The quantitative estimate of drug-likeness (QED) is 0.323. The molecule has 1 saturated carbocycles. The Hall–Kier alpha value is -3.39. The van der Waals surface area contributed by atoms with Crippen molar-refractivity contribution in [1.82, 2.24) is 15.2 Å². The van der Waals surface area contributed by atoms with Gasteiger partial charge in [-0.15, -0.1) is 0 Å². The molecule has 0 aromatic carbocycles. The Morgan fingerprint density at radius 1 is 0.918 bits per heavy atom. The number of amides is 1. The van der Waals surface area contributed by atoms with Crippen molar-refractivity contribution in [3.63, 3.8) is 0 Å². The average molecular weight is 727 g/mol. The number of nitrogens with zero attached hydrogens (tertiary/aromatic N) is 3. The Balaban J connectivity index is 0.000000500. The fraction of sp³-hybridized carbons (Fsp3) is 0.724. The molecule has 1 aromatic rings. The third kappa shape index (κ3) is 11.6. The number of alkyl halides is 9. The Kier molecular flexibility index (Phi) is 13.7. The minimum atomic E-state index is -5.08. The van der Waals surface area contributed by atoms with Crippen LogP contribution in [0.5, 0.6) is 0 Å². The smallest absolute Gasteiger partial charge is 0.475 e. The van der Waals surface area contributed by atoms with Crippen molar-refractivity contribution in [3.05, 3.63) is 23.9 Å². The molecule has 3 fully saturated rings. The molecule has 1 aliphatic carbocycles. The van der Waals surface area contributed by atoms with Crippen molar-refractivity contribution < 1.29 is 74.0 Å². The number of nitrogens with one attached hydrogen (secondary N) is 1. The summed E-state index contributed by atoms with van der Waals surface area (Å²) < 4.78 is 108. The number of carbonyl (C=O) groups excluding carboxylic acids is 1. The topological polar surface area (TPSA) is 153 Å². The predicted octanol–water partition coefficient (Wildman–Crippen LogP) is 4.34. The lowest BCUT2D eigenvalue weighted by Gasteiger charge is -2.45. The van der Waals surface area contributed by atoms with Gasteiger partial charge in [-0.3, -0.25) is 4.79 Å². The number of rotatable bonds is 5. The SMILES string of the molecule is CC1COCCC1N[C@H]1CC[C@@](C(=O)N2CCN(c3cccc(C(F)(F)F)n3)CC2)(C(C)(C)O)C1.O=C(O)C(F)(F)F.O=C(O)C(F)(F)F. The number of carboxylic acid groups (broad SMARTS) is 2. The molecule has 0 radical (unpaired) electrons. The van der Waals surface area contributed by atoms with Gasteiger partial charge in [0.05, 0.1) is 17.6 Å². The van der Waals surface area contributed by atoms with Crippen LogP contribution in [-0.4, -0.2) is 112 Å². The maximum atomic E-state index is 13.8. The van der Waals surface area contributed by atoms with Crippen LogP contribution in [0.25, 0.3) is 0 Å². The number of piperazine rings is 1. The summed E-state index contributed by atoms with van der Waals surface area (Å²) in [5.41, 5.74) is -3.00. The van der Waals surface area contributed by atoms with Crippen LogP contribution < -0.4 is 10.2 Å². The number of aromatic nitrogens is 1. The fourth-order valence-corrected chi connectivity index (χ4v) is 5.83. The number of hydrogen-bond donors (Lipinski definition) is 4. The Bertz CT molecular complexity index is 1260. The van der Waals surface area contributed by atoms with Crippen molar-refractivity contribution in [2.75, 3.05) is 44.3 Å². The van der Waals surface area contributed by atoms with Crippen LogP contribution >= 0.6 is 0 Å². The first kappa shape index (κ1) is 41.8. The third-order valence-electron chi connectivity index (χ3n) is 8.59. The summed E-state index contributed by atoms with van der Waals surface area (Å²) in [7, 11) is 0. The second-order valence-electron chi connectivity index (χ2n) is 12.5. The minimum absolute atomic E-state index is 0.0639. The number of halogens is 9. The number of anilines is 1. The molecular formula is C29H39F9N4O7. The largest absolute Gasteiger partial charge is 0.490 e. The van der Waals surface area contributed by atoms with Gasteiger partial charge in [0.2, 0.25) is 5.91 Å². The first-order valence-electron chi connectivity index (χ1n) is 15.0. The monoisotopic (exact) mass is 726 g/mol. The molecule has 2 saturated heterocycles. The fourth-order valence-electron chi connectivity index (χ4n) is 5.83.